The first-order valence-electron chi connectivity index (χ1n) is 8.13. The first-order valence-corrected chi connectivity index (χ1v) is 9.71. The highest BCUT2D eigenvalue weighted by molar-refractivity contribution is 9.11. The third-order valence-electron chi connectivity index (χ3n) is 3.81. The third kappa shape index (κ3) is 5.48. The SMILES string of the molecule is FC(F)(F)c1ccc(Oc2cc(Br)c(Oc3ccc(C(F)(F)F)cc3)cc2Br)cc1. The van der Waals surface area contributed by atoms with Crippen molar-refractivity contribution in [1.82, 2.24) is 0 Å². The van der Waals surface area contributed by atoms with Crippen LogP contribution in [0.2, 0.25) is 0 Å². The molecule has 0 aliphatic carbocycles. The molecule has 0 bridgehead atoms. The van der Waals surface area contributed by atoms with Gasteiger partial charge in [0.05, 0.1) is 20.1 Å². The van der Waals surface area contributed by atoms with E-state index in [4.69, 9.17) is 9.47 Å². The number of hydrogen-bond acceptors (Lipinski definition) is 2. The summed E-state index contributed by atoms with van der Waals surface area (Å²) >= 11 is 6.56. The number of rotatable bonds is 4. The highest BCUT2D eigenvalue weighted by Crippen LogP contribution is 2.41. The van der Waals surface area contributed by atoms with Crippen molar-refractivity contribution in [2.75, 3.05) is 0 Å². The molecule has 0 saturated heterocycles. The molecule has 0 amide bonds. The van der Waals surface area contributed by atoms with Gasteiger partial charge in [-0.1, -0.05) is 0 Å². The number of alkyl halides is 6. The minimum absolute atomic E-state index is 0.187. The fourth-order valence-corrected chi connectivity index (χ4v) is 3.15. The Morgan fingerprint density at radius 3 is 1.10 bits per heavy atom. The number of benzene rings is 3. The Bertz CT molecular complexity index is 944. The Morgan fingerprint density at radius 2 is 0.833 bits per heavy atom. The maximum atomic E-state index is 12.6. The van der Waals surface area contributed by atoms with Crippen molar-refractivity contribution < 1.29 is 35.8 Å². The first-order chi connectivity index (χ1) is 13.9. The van der Waals surface area contributed by atoms with Gasteiger partial charge in [-0.2, -0.15) is 26.3 Å². The Balaban J connectivity index is 1.77. The number of ether oxygens (including phenoxy) is 2. The van der Waals surface area contributed by atoms with Crippen LogP contribution in [-0.4, -0.2) is 0 Å². The maximum Gasteiger partial charge on any atom is 0.416 e. The highest BCUT2D eigenvalue weighted by Gasteiger charge is 2.30. The third-order valence-corrected chi connectivity index (χ3v) is 5.04. The Labute approximate surface area is 183 Å². The average molecular weight is 556 g/mol. The molecule has 2 nitrogen and oxygen atoms in total. The molecule has 0 fully saturated rings. The zero-order valence-corrected chi connectivity index (χ0v) is 17.8. The molecule has 0 unspecified atom stereocenters. The van der Waals surface area contributed by atoms with Crippen LogP contribution in [0.1, 0.15) is 11.1 Å². The van der Waals surface area contributed by atoms with E-state index in [1.54, 1.807) is 0 Å². The van der Waals surface area contributed by atoms with Gasteiger partial charge in [0, 0.05) is 0 Å². The number of hydrogen-bond donors (Lipinski definition) is 0. The average Bonchev–Trinajstić information content (AvgIpc) is 2.65. The lowest BCUT2D eigenvalue weighted by molar-refractivity contribution is -0.138. The minimum Gasteiger partial charge on any atom is -0.456 e. The van der Waals surface area contributed by atoms with Crippen LogP contribution in [0.3, 0.4) is 0 Å². The topological polar surface area (TPSA) is 18.5 Å². The van der Waals surface area contributed by atoms with Crippen LogP contribution in [0.4, 0.5) is 26.3 Å². The normalized spacial score (nSPS) is 12.0. The van der Waals surface area contributed by atoms with E-state index >= 15 is 0 Å². The molecule has 0 atom stereocenters. The van der Waals surface area contributed by atoms with Crippen molar-refractivity contribution in [1.29, 1.82) is 0 Å². The zero-order chi connectivity index (χ0) is 22.1. The Morgan fingerprint density at radius 1 is 0.533 bits per heavy atom. The first kappa shape index (κ1) is 22.5. The Kier molecular flexibility index (Phi) is 6.37. The lowest BCUT2D eigenvalue weighted by Gasteiger charge is -2.14. The van der Waals surface area contributed by atoms with Gasteiger partial charge in [-0.25, -0.2) is 0 Å². The molecule has 0 heterocycles. The van der Waals surface area contributed by atoms with E-state index in [0.717, 1.165) is 24.3 Å². The van der Waals surface area contributed by atoms with Crippen molar-refractivity contribution in [2.24, 2.45) is 0 Å². The van der Waals surface area contributed by atoms with Crippen LogP contribution >= 0.6 is 31.9 Å². The molecule has 0 aliphatic heterocycles. The predicted octanol–water partition coefficient (Wildman–Crippen LogP) is 8.83. The fraction of sp³-hybridized carbons (Fsp3) is 0.100. The number of halogens is 8. The predicted molar refractivity (Wildman–Crippen MR) is 105 cm³/mol. The van der Waals surface area contributed by atoms with E-state index in [1.807, 2.05) is 0 Å². The molecular weight excluding hydrogens is 546 g/mol. The largest absolute Gasteiger partial charge is 0.456 e. The molecule has 158 valence electrons. The van der Waals surface area contributed by atoms with Gasteiger partial charge < -0.3 is 9.47 Å². The van der Waals surface area contributed by atoms with E-state index in [2.05, 4.69) is 31.9 Å². The second-order valence-corrected chi connectivity index (χ2v) is 7.67. The summed E-state index contributed by atoms with van der Waals surface area (Å²) in [5, 5.41) is 0. The van der Waals surface area contributed by atoms with Gasteiger partial charge in [-0.3, -0.25) is 0 Å². The summed E-state index contributed by atoms with van der Waals surface area (Å²) in [5.74, 6) is 0.960. The van der Waals surface area contributed by atoms with Crippen molar-refractivity contribution in [3.63, 3.8) is 0 Å². The monoisotopic (exact) mass is 554 g/mol. The molecule has 0 N–H and O–H groups in total. The van der Waals surface area contributed by atoms with E-state index in [9.17, 15) is 26.3 Å². The fourth-order valence-electron chi connectivity index (χ4n) is 2.34. The van der Waals surface area contributed by atoms with Gasteiger partial charge in [0.2, 0.25) is 0 Å². The second-order valence-electron chi connectivity index (χ2n) is 5.96. The highest BCUT2D eigenvalue weighted by atomic mass is 79.9. The van der Waals surface area contributed by atoms with Gasteiger partial charge in [-0.15, -0.1) is 0 Å². The minimum atomic E-state index is -4.45. The van der Waals surface area contributed by atoms with Gasteiger partial charge >= 0.3 is 12.4 Å². The molecule has 0 aliphatic rings. The van der Waals surface area contributed by atoms with E-state index in [-0.39, 0.29) is 11.5 Å². The van der Waals surface area contributed by atoms with Crippen LogP contribution in [0.5, 0.6) is 23.0 Å². The summed E-state index contributed by atoms with van der Waals surface area (Å²) in [6.45, 7) is 0. The lowest BCUT2D eigenvalue weighted by Crippen LogP contribution is -2.04. The zero-order valence-electron chi connectivity index (χ0n) is 14.6. The standard InChI is InChI=1S/C20H10Br2F6O2/c21-15-10-18(30-14-7-3-12(4-8-14)20(26,27)28)16(22)9-17(15)29-13-5-1-11(2-6-13)19(23,24)25/h1-10H. The molecule has 0 radical (unpaired) electrons. The second kappa shape index (κ2) is 8.50. The molecule has 3 aromatic carbocycles. The molecule has 0 aromatic heterocycles. The van der Waals surface area contributed by atoms with Crippen LogP contribution in [0.15, 0.2) is 69.6 Å². The molecule has 30 heavy (non-hydrogen) atoms. The summed E-state index contributed by atoms with van der Waals surface area (Å²) in [6.07, 6.45) is -8.89. The van der Waals surface area contributed by atoms with E-state index in [1.165, 1.54) is 36.4 Å². The van der Waals surface area contributed by atoms with Crippen molar-refractivity contribution in [3.05, 3.63) is 80.7 Å². The summed E-state index contributed by atoms with van der Waals surface area (Å²) in [5.41, 5.74) is -1.59. The summed E-state index contributed by atoms with van der Waals surface area (Å²) in [7, 11) is 0. The van der Waals surface area contributed by atoms with Crippen LogP contribution in [0, 0.1) is 0 Å². The van der Waals surface area contributed by atoms with E-state index < -0.39 is 23.5 Å². The van der Waals surface area contributed by atoms with E-state index in [0.29, 0.717) is 20.4 Å². The van der Waals surface area contributed by atoms with Crippen LogP contribution in [-0.2, 0) is 12.4 Å². The summed E-state index contributed by atoms with van der Waals surface area (Å²) in [4.78, 5) is 0. The smallest absolute Gasteiger partial charge is 0.416 e. The van der Waals surface area contributed by atoms with Gasteiger partial charge in [0.25, 0.3) is 0 Å². The molecule has 0 spiro atoms. The quantitative estimate of drug-likeness (QED) is 0.299. The molecule has 3 aromatic rings. The van der Waals surface area contributed by atoms with Gasteiger partial charge in [0.1, 0.15) is 23.0 Å². The molecule has 0 saturated carbocycles. The Hall–Kier alpha value is -2.20. The maximum absolute atomic E-state index is 12.6. The molecular formula is C20H10Br2F6O2. The summed E-state index contributed by atoms with van der Waals surface area (Å²) in [6, 6.07) is 11.4. The van der Waals surface area contributed by atoms with Crippen LogP contribution in [0.25, 0.3) is 0 Å². The van der Waals surface area contributed by atoms with Gasteiger partial charge in [0.15, 0.2) is 0 Å². The van der Waals surface area contributed by atoms with Crippen molar-refractivity contribution in [2.45, 2.75) is 12.4 Å². The van der Waals surface area contributed by atoms with Crippen molar-refractivity contribution in [3.8, 4) is 23.0 Å². The van der Waals surface area contributed by atoms with Crippen molar-refractivity contribution >= 4 is 31.9 Å². The lowest BCUT2D eigenvalue weighted by atomic mass is 10.2. The molecule has 3 rings (SSSR count). The summed E-state index contributed by atoms with van der Waals surface area (Å²) < 4.78 is 87.9. The molecule has 10 heteroatoms. The van der Waals surface area contributed by atoms with Gasteiger partial charge in [-0.05, 0) is 92.5 Å². The van der Waals surface area contributed by atoms with Crippen LogP contribution < -0.4 is 9.47 Å².